The molecule has 106 valence electrons. The van der Waals surface area contributed by atoms with Crippen LogP contribution in [0.5, 0.6) is 0 Å². The molecule has 0 unspecified atom stereocenters. The molecule has 1 saturated heterocycles. The second-order valence-corrected chi connectivity index (χ2v) is 4.83. The molecule has 0 atom stereocenters. The van der Waals surface area contributed by atoms with E-state index in [1.54, 1.807) is 0 Å². The molecule has 6 heteroatoms. The Balaban J connectivity index is 2.04. The van der Waals surface area contributed by atoms with Crippen LogP contribution in [0.4, 0.5) is 0 Å². The van der Waals surface area contributed by atoms with E-state index in [1.165, 1.54) is 0 Å². The van der Waals surface area contributed by atoms with Crippen molar-refractivity contribution in [2.24, 2.45) is 0 Å². The van der Waals surface area contributed by atoms with Crippen molar-refractivity contribution in [3.63, 3.8) is 0 Å². The highest BCUT2D eigenvalue weighted by Gasteiger charge is 2.18. The normalized spacial score (nSPS) is 14.8. The number of hydrogen-bond acceptors (Lipinski definition) is 4. The first-order chi connectivity index (χ1) is 9.13. The molecule has 0 aliphatic carbocycles. The van der Waals surface area contributed by atoms with E-state index < -0.39 is 0 Å². The molecule has 0 aromatic carbocycles. The zero-order chi connectivity index (χ0) is 14.1. The summed E-state index contributed by atoms with van der Waals surface area (Å²) in [6.07, 6.45) is 2.84. The van der Waals surface area contributed by atoms with Crippen molar-refractivity contribution in [1.29, 1.82) is 5.26 Å². The molecule has 0 radical (unpaired) electrons. The summed E-state index contributed by atoms with van der Waals surface area (Å²) in [5.41, 5.74) is 0. The number of nitrogens with zero attached hydrogens (tertiary/aromatic N) is 3. The van der Waals surface area contributed by atoms with Gasteiger partial charge in [-0.1, -0.05) is 0 Å². The number of likely N-dealkylation sites (tertiary alicyclic amines) is 1. The summed E-state index contributed by atoms with van der Waals surface area (Å²) < 4.78 is 0. The largest absolute Gasteiger partial charge is 0.355 e. The Hall–Kier alpha value is -1.61. The molecular formula is C13H22N4O2. The SMILES string of the molecule is CN(CCC#N)CC(=O)NCCCN1CCCC1=O. The lowest BCUT2D eigenvalue weighted by Crippen LogP contribution is -2.37. The highest BCUT2D eigenvalue weighted by molar-refractivity contribution is 5.78. The Kier molecular flexibility index (Phi) is 6.90. The summed E-state index contributed by atoms with van der Waals surface area (Å²) in [6, 6.07) is 2.05. The van der Waals surface area contributed by atoms with Gasteiger partial charge in [-0.15, -0.1) is 0 Å². The van der Waals surface area contributed by atoms with E-state index in [2.05, 4.69) is 5.32 Å². The van der Waals surface area contributed by atoms with Gasteiger partial charge in [0.15, 0.2) is 0 Å². The molecule has 1 aliphatic rings. The Labute approximate surface area is 114 Å². The highest BCUT2D eigenvalue weighted by atomic mass is 16.2. The van der Waals surface area contributed by atoms with Gasteiger partial charge >= 0.3 is 0 Å². The van der Waals surface area contributed by atoms with Crippen LogP contribution in [0, 0.1) is 11.3 Å². The predicted octanol–water partition coefficient (Wildman–Crippen LogP) is -0.0394. The fraction of sp³-hybridized carbons (Fsp3) is 0.769. The van der Waals surface area contributed by atoms with Gasteiger partial charge in [-0.3, -0.25) is 14.5 Å². The van der Waals surface area contributed by atoms with E-state index in [-0.39, 0.29) is 11.8 Å². The van der Waals surface area contributed by atoms with Gasteiger partial charge in [-0.05, 0) is 19.9 Å². The van der Waals surface area contributed by atoms with Gasteiger partial charge < -0.3 is 10.2 Å². The molecule has 1 aliphatic heterocycles. The minimum absolute atomic E-state index is 0.0341. The zero-order valence-electron chi connectivity index (χ0n) is 11.5. The van der Waals surface area contributed by atoms with E-state index >= 15 is 0 Å². The summed E-state index contributed by atoms with van der Waals surface area (Å²) in [5.74, 6) is 0.191. The predicted molar refractivity (Wildman–Crippen MR) is 71.2 cm³/mol. The van der Waals surface area contributed by atoms with Crippen LogP contribution >= 0.6 is 0 Å². The lowest BCUT2D eigenvalue weighted by atomic mass is 10.3. The number of carbonyl (C=O) groups excluding carboxylic acids is 2. The Morgan fingerprint density at radius 1 is 1.58 bits per heavy atom. The molecule has 0 aromatic rings. The van der Waals surface area contributed by atoms with E-state index in [1.807, 2.05) is 22.9 Å². The summed E-state index contributed by atoms with van der Waals surface area (Å²) in [6.45, 7) is 3.08. The van der Waals surface area contributed by atoms with Crippen LogP contribution in [0.3, 0.4) is 0 Å². The van der Waals surface area contributed by atoms with Crippen molar-refractivity contribution in [3.8, 4) is 6.07 Å². The van der Waals surface area contributed by atoms with E-state index in [0.29, 0.717) is 32.5 Å². The minimum Gasteiger partial charge on any atom is -0.355 e. The first-order valence-corrected chi connectivity index (χ1v) is 6.73. The maximum atomic E-state index is 11.6. The van der Waals surface area contributed by atoms with Gasteiger partial charge in [-0.2, -0.15) is 5.26 Å². The van der Waals surface area contributed by atoms with Gasteiger partial charge in [0.2, 0.25) is 11.8 Å². The number of rotatable bonds is 8. The topological polar surface area (TPSA) is 76.4 Å². The van der Waals surface area contributed by atoms with E-state index in [4.69, 9.17) is 5.26 Å². The van der Waals surface area contributed by atoms with Crippen LogP contribution in [-0.4, -0.2) is 61.4 Å². The van der Waals surface area contributed by atoms with E-state index in [0.717, 1.165) is 25.9 Å². The molecule has 19 heavy (non-hydrogen) atoms. The lowest BCUT2D eigenvalue weighted by molar-refractivity contribution is -0.127. The van der Waals surface area contributed by atoms with Crippen LogP contribution in [0.2, 0.25) is 0 Å². The fourth-order valence-corrected chi connectivity index (χ4v) is 2.06. The molecule has 0 spiro atoms. The maximum Gasteiger partial charge on any atom is 0.234 e. The van der Waals surface area contributed by atoms with Crippen molar-refractivity contribution in [1.82, 2.24) is 15.1 Å². The Morgan fingerprint density at radius 2 is 2.37 bits per heavy atom. The summed E-state index contributed by atoms with van der Waals surface area (Å²) >= 11 is 0. The van der Waals surface area contributed by atoms with Crippen molar-refractivity contribution in [3.05, 3.63) is 0 Å². The second-order valence-electron chi connectivity index (χ2n) is 4.83. The molecule has 1 N–H and O–H groups in total. The molecule has 0 aromatic heterocycles. The third-order valence-electron chi connectivity index (χ3n) is 3.12. The van der Waals surface area contributed by atoms with Crippen LogP contribution < -0.4 is 5.32 Å². The van der Waals surface area contributed by atoms with Crippen LogP contribution in [-0.2, 0) is 9.59 Å². The third-order valence-corrected chi connectivity index (χ3v) is 3.12. The van der Waals surface area contributed by atoms with Gasteiger partial charge in [0, 0.05) is 39.0 Å². The maximum absolute atomic E-state index is 11.6. The summed E-state index contributed by atoms with van der Waals surface area (Å²) in [4.78, 5) is 26.6. The molecule has 1 rings (SSSR count). The van der Waals surface area contributed by atoms with E-state index in [9.17, 15) is 9.59 Å². The van der Waals surface area contributed by atoms with Crippen LogP contribution in [0.25, 0.3) is 0 Å². The monoisotopic (exact) mass is 266 g/mol. The number of nitriles is 1. The second kappa shape index (κ2) is 8.48. The first-order valence-electron chi connectivity index (χ1n) is 6.73. The number of amides is 2. The number of likely N-dealkylation sites (N-methyl/N-ethyl adjacent to an activating group) is 1. The average molecular weight is 266 g/mol. The molecule has 1 fully saturated rings. The number of nitrogens with one attached hydrogen (secondary N) is 1. The van der Waals surface area contributed by atoms with Gasteiger partial charge in [0.05, 0.1) is 12.6 Å². The fourth-order valence-electron chi connectivity index (χ4n) is 2.06. The minimum atomic E-state index is -0.0341. The smallest absolute Gasteiger partial charge is 0.234 e. The lowest BCUT2D eigenvalue weighted by Gasteiger charge is -2.16. The molecule has 6 nitrogen and oxygen atoms in total. The van der Waals surface area contributed by atoms with Crippen molar-refractivity contribution >= 4 is 11.8 Å². The van der Waals surface area contributed by atoms with Gasteiger partial charge in [0.1, 0.15) is 0 Å². The molecule has 0 bridgehead atoms. The zero-order valence-corrected chi connectivity index (χ0v) is 11.5. The number of hydrogen-bond donors (Lipinski definition) is 1. The molecule has 2 amide bonds. The first kappa shape index (κ1) is 15.4. The van der Waals surface area contributed by atoms with Crippen LogP contribution in [0.15, 0.2) is 0 Å². The number of carbonyl (C=O) groups is 2. The van der Waals surface area contributed by atoms with Crippen LogP contribution in [0.1, 0.15) is 25.7 Å². The standard InChI is InChI=1S/C13H22N4O2/c1-16(8-3-6-14)11-12(18)15-7-4-10-17-9-2-5-13(17)19/h2-5,7-11H2,1H3,(H,15,18). The van der Waals surface area contributed by atoms with Crippen molar-refractivity contribution < 1.29 is 9.59 Å². The summed E-state index contributed by atoms with van der Waals surface area (Å²) in [5, 5.41) is 11.3. The Bertz CT molecular complexity index is 351. The van der Waals surface area contributed by atoms with Gasteiger partial charge in [0.25, 0.3) is 0 Å². The van der Waals surface area contributed by atoms with Crippen molar-refractivity contribution in [2.45, 2.75) is 25.7 Å². The highest BCUT2D eigenvalue weighted by Crippen LogP contribution is 2.09. The quantitative estimate of drug-likeness (QED) is 0.625. The molecule has 0 saturated carbocycles. The van der Waals surface area contributed by atoms with Crippen molar-refractivity contribution in [2.75, 3.05) is 39.8 Å². The molecule has 1 heterocycles. The summed E-state index contributed by atoms with van der Waals surface area (Å²) in [7, 11) is 1.82. The third kappa shape index (κ3) is 6.20. The average Bonchev–Trinajstić information content (AvgIpc) is 2.78. The Morgan fingerprint density at radius 3 is 3.00 bits per heavy atom. The molecular weight excluding hydrogens is 244 g/mol. The van der Waals surface area contributed by atoms with Gasteiger partial charge in [-0.25, -0.2) is 0 Å².